The van der Waals surface area contributed by atoms with Crippen LogP contribution in [-0.4, -0.2) is 19.6 Å². The van der Waals surface area contributed by atoms with Gasteiger partial charge in [-0.15, -0.1) is 10.2 Å². The van der Waals surface area contributed by atoms with Crippen molar-refractivity contribution < 1.29 is 31.1 Å². The van der Waals surface area contributed by atoms with E-state index in [1.807, 2.05) is 0 Å². The zero-order valence-corrected chi connectivity index (χ0v) is 14.4. The lowest BCUT2D eigenvalue weighted by molar-refractivity contribution is -0.137. The molecule has 4 aromatic rings. The number of halogens is 5. The molecule has 0 fully saturated rings. The fourth-order valence-electron chi connectivity index (χ4n) is 2.57. The van der Waals surface area contributed by atoms with Crippen LogP contribution in [0.3, 0.4) is 0 Å². The molecule has 0 radical (unpaired) electrons. The molecule has 3 heterocycles. The molecule has 11 heteroatoms. The van der Waals surface area contributed by atoms with Gasteiger partial charge in [0.25, 0.3) is 5.89 Å². The van der Waals surface area contributed by atoms with Gasteiger partial charge in [-0.1, -0.05) is 0 Å². The van der Waals surface area contributed by atoms with Crippen molar-refractivity contribution in [3.8, 4) is 17.2 Å². The number of ether oxygens (including phenoxy) is 1. The number of benzene rings is 1. The van der Waals surface area contributed by atoms with Gasteiger partial charge in [0.05, 0.1) is 11.3 Å². The molecule has 29 heavy (non-hydrogen) atoms. The summed E-state index contributed by atoms with van der Waals surface area (Å²) in [4.78, 5) is 4.33. The van der Waals surface area contributed by atoms with Crippen molar-refractivity contribution in [3.63, 3.8) is 0 Å². The second-order valence-electron chi connectivity index (χ2n) is 5.97. The number of hydrogen-bond donors (Lipinski definition) is 0. The maximum atomic E-state index is 12.6. The van der Waals surface area contributed by atoms with Crippen molar-refractivity contribution in [1.82, 2.24) is 19.6 Å². The number of alkyl halides is 5. The fourth-order valence-corrected chi connectivity index (χ4v) is 2.57. The Kier molecular flexibility index (Phi) is 4.65. The summed E-state index contributed by atoms with van der Waals surface area (Å²) < 4.78 is 74.9. The summed E-state index contributed by atoms with van der Waals surface area (Å²) in [6.45, 7) is 0.0263. The van der Waals surface area contributed by atoms with Crippen molar-refractivity contribution >= 4 is 5.65 Å². The van der Waals surface area contributed by atoms with E-state index in [9.17, 15) is 22.0 Å². The van der Waals surface area contributed by atoms with Crippen molar-refractivity contribution in [2.24, 2.45) is 0 Å². The van der Waals surface area contributed by atoms with Gasteiger partial charge in [-0.25, -0.2) is 4.98 Å². The Bertz CT molecular complexity index is 1140. The average Bonchev–Trinajstić information content (AvgIpc) is 3.32. The molecule has 0 atom stereocenters. The third kappa shape index (κ3) is 4.03. The number of nitrogens with zero attached hydrogens (tertiary/aromatic N) is 4. The lowest BCUT2D eigenvalue weighted by Crippen LogP contribution is -2.04. The van der Waals surface area contributed by atoms with Crippen LogP contribution in [-0.2, 0) is 12.8 Å². The molecule has 0 spiro atoms. The zero-order chi connectivity index (χ0) is 20.6. The number of pyridine rings is 1. The first-order valence-corrected chi connectivity index (χ1v) is 8.19. The molecular weight excluding hydrogens is 399 g/mol. The van der Waals surface area contributed by atoms with E-state index in [4.69, 9.17) is 9.15 Å². The third-order valence-corrected chi connectivity index (χ3v) is 3.95. The lowest BCUT2D eigenvalue weighted by Gasteiger charge is -2.08. The van der Waals surface area contributed by atoms with E-state index in [1.54, 1.807) is 28.9 Å². The molecular formula is C18H11F5N4O2. The smallest absolute Gasteiger partial charge is 0.416 e. The summed E-state index contributed by atoms with van der Waals surface area (Å²) in [5.41, 5.74) is 0.644. The van der Waals surface area contributed by atoms with Crippen LogP contribution in [0.5, 0.6) is 5.75 Å². The highest BCUT2D eigenvalue weighted by Gasteiger charge is 2.30. The topological polar surface area (TPSA) is 65.5 Å². The van der Waals surface area contributed by atoms with Gasteiger partial charge in [0.15, 0.2) is 0 Å². The Morgan fingerprint density at radius 2 is 1.83 bits per heavy atom. The minimum absolute atomic E-state index is 0.0263. The highest BCUT2D eigenvalue weighted by Crippen LogP contribution is 2.30. The second kappa shape index (κ2) is 7.15. The monoisotopic (exact) mass is 410 g/mol. The predicted octanol–water partition coefficient (Wildman–Crippen LogP) is 4.92. The second-order valence-corrected chi connectivity index (χ2v) is 5.97. The van der Waals surface area contributed by atoms with E-state index >= 15 is 0 Å². The number of imidazole rings is 1. The maximum absolute atomic E-state index is 12.6. The maximum Gasteiger partial charge on any atom is 0.416 e. The van der Waals surface area contributed by atoms with E-state index in [0.717, 1.165) is 12.1 Å². The molecule has 0 aliphatic heterocycles. The van der Waals surface area contributed by atoms with E-state index in [0.29, 0.717) is 16.9 Å². The van der Waals surface area contributed by atoms with Gasteiger partial charge < -0.3 is 13.6 Å². The molecule has 3 aromatic heterocycles. The van der Waals surface area contributed by atoms with Crippen LogP contribution in [0.25, 0.3) is 17.1 Å². The Labute approximate surface area is 159 Å². The predicted molar refractivity (Wildman–Crippen MR) is 89.2 cm³/mol. The first kappa shape index (κ1) is 18.8. The quantitative estimate of drug-likeness (QED) is 0.437. The van der Waals surface area contributed by atoms with Crippen LogP contribution >= 0.6 is 0 Å². The van der Waals surface area contributed by atoms with Crippen molar-refractivity contribution in [1.29, 1.82) is 0 Å². The number of rotatable bonds is 5. The summed E-state index contributed by atoms with van der Waals surface area (Å²) in [5.74, 6) is -0.566. The minimum atomic E-state index is -4.41. The molecule has 0 amide bonds. The highest BCUT2D eigenvalue weighted by molar-refractivity contribution is 5.59. The third-order valence-electron chi connectivity index (χ3n) is 3.95. The van der Waals surface area contributed by atoms with Crippen LogP contribution in [0.4, 0.5) is 22.0 Å². The fraction of sp³-hybridized carbons (Fsp3) is 0.167. The van der Waals surface area contributed by atoms with Gasteiger partial charge in [-0.2, -0.15) is 22.0 Å². The van der Waals surface area contributed by atoms with Gasteiger partial charge in [0.1, 0.15) is 18.0 Å². The standard InChI is InChI=1S/C18H11F5N4O2/c19-15(20)17-26-25-16(29-17)10-5-6-27-8-12(24-14(27)7-10)9-28-13-3-1-11(2-4-13)18(21,22)23/h1-8,15H,9H2. The van der Waals surface area contributed by atoms with Crippen molar-refractivity contribution in [2.75, 3.05) is 0 Å². The number of aromatic nitrogens is 4. The highest BCUT2D eigenvalue weighted by atomic mass is 19.4. The summed E-state index contributed by atoms with van der Waals surface area (Å²) in [7, 11) is 0. The molecule has 0 N–H and O–H groups in total. The Hall–Kier alpha value is -3.50. The van der Waals surface area contributed by atoms with Crippen LogP contribution in [0.1, 0.15) is 23.6 Å². The normalized spacial score (nSPS) is 12.1. The average molecular weight is 410 g/mol. The zero-order valence-electron chi connectivity index (χ0n) is 14.4. The Morgan fingerprint density at radius 1 is 1.07 bits per heavy atom. The van der Waals surface area contributed by atoms with E-state index in [2.05, 4.69) is 15.2 Å². The van der Waals surface area contributed by atoms with Crippen LogP contribution in [0, 0.1) is 0 Å². The molecule has 1 aromatic carbocycles. The minimum Gasteiger partial charge on any atom is -0.487 e. The molecule has 4 rings (SSSR count). The van der Waals surface area contributed by atoms with Crippen molar-refractivity contribution in [2.45, 2.75) is 19.2 Å². The molecule has 0 unspecified atom stereocenters. The van der Waals surface area contributed by atoms with E-state index in [-0.39, 0.29) is 18.2 Å². The van der Waals surface area contributed by atoms with Gasteiger partial charge >= 0.3 is 12.6 Å². The summed E-state index contributed by atoms with van der Waals surface area (Å²) >= 11 is 0. The molecule has 0 bridgehead atoms. The molecule has 0 aliphatic rings. The first-order chi connectivity index (χ1) is 13.8. The van der Waals surface area contributed by atoms with E-state index in [1.165, 1.54) is 12.1 Å². The lowest BCUT2D eigenvalue weighted by atomic mass is 10.2. The molecule has 0 saturated heterocycles. The van der Waals surface area contributed by atoms with Gasteiger partial charge in [0, 0.05) is 18.0 Å². The van der Waals surface area contributed by atoms with Crippen LogP contribution in [0.15, 0.2) is 53.2 Å². The molecule has 0 aliphatic carbocycles. The van der Waals surface area contributed by atoms with Gasteiger partial charge in [-0.3, -0.25) is 0 Å². The summed E-state index contributed by atoms with van der Waals surface area (Å²) in [5, 5.41) is 6.86. The molecule has 0 saturated carbocycles. The Morgan fingerprint density at radius 3 is 2.48 bits per heavy atom. The van der Waals surface area contributed by atoms with Crippen LogP contribution < -0.4 is 4.74 Å². The SMILES string of the molecule is FC(F)c1nnc(-c2ccn3cc(COc4ccc(C(F)(F)F)cc4)nc3c2)o1. The molecule has 150 valence electrons. The van der Waals surface area contributed by atoms with E-state index < -0.39 is 24.1 Å². The number of hydrogen-bond acceptors (Lipinski definition) is 5. The number of fused-ring (bicyclic) bond motifs is 1. The Balaban J connectivity index is 1.49. The largest absolute Gasteiger partial charge is 0.487 e. The summed E-state index contributed by atoms with van der Waals surface area (Å²) in [6.07, 6.45) is -3.97. The van der Waals surface area contributed by atoms with Gasteiger partial charge in [-0.05, 0) is 36.4 Å². The van der Waals surface area contributed by atoms with Crippen LogP contribution in [0.2, 0.25) is 0 Å². The first-order valence-electron chi connectivity index (χ1n) is 8.19. The molecule has 6 nitrogen and oxygen atoms in total. The summed E-state index contributed by atoms with van der Waals surface area (Å²) in [6, 6.07) is 7.49. The van der Waals surface area contributed by atoms with Gasteiger partial charge in [0.2, 0.25) is 5.89 Å². The van der Waals surface area contributed by atoms with Crippen molar-refractivity contribution in [3.05, 3.63) is 65.9 Å².